The minimum atomic E-state index is -3.69. The Kier molecular flexibility index (Phi) is 4.82. The van der Waals surface area contributed by atoms with Gasteiger partial charge in [-0.2, -0.15) is 4.31 Å². The Morgan fingerprint density at radius 2 is 1.31 bits per heavy atom. The van der Waals surface area contributed by atoms with Crippen LogP contribution in [-0.4, -0.2) is 53.0 Å². The van der Waals surface area contributed by atoms with Gasteiger partial charge in [-0.25, -0.2) is 21.6 Å². The van der Waals surface area contributed by atoms with Gasteiger partial charge in [-0.05, 0) is 80.5 Å². The summed E-state index contributed by atoms with van der Waals surface area (Å²) in [6.45, 7) is 1.38. The lowest BCUT2D eigenvalue weighted by molar-refractivity contribution is -0.00810. The molecule has 160 valence electrons. The molecule has 0 atom stereocenters. The van der Waals surface area contributed by atoms with E-state index in [2.05, 4.69) is 4.72 Å². The van der Waals surface area contributed by atoms with Crippen LogP contribution in [0.1, 0.15) is 38.5 Å². The summed E-state index contributed by atoms with van der Waals surface area (Å²) in [6.07, 6.45) is 6.53. The van der Waals surface area contributed by atoms with Crippen molar-refractivity contribution in [2.45, 2.75) is 53.9 Å². The van der Waals surface area contributed by atoms with Crippen molar-refractivity contribution in [2.24, 2.45) is 17.8 Å². The van der Waals surface area contributed by atoms with E-state index >= 15 is 0 Å². The zero-order valence-electron chi connectivity index (χ0n) is 16.4. The van der Waals surface area contributed by atoms with Gasteiger partial charge in [-0.3, -0.25) is 0 Å². The van der Waals surface area contributed by atoms with Crippen LogP contribution in [0.5, 0.6) is 0 Å². The summed E-state index contributed by atoms with van der Waals surface area (Å²) in [6, 6.07) is 5.63. The molecule has 4 saturated carbocycles. The molecule has 1 N–H and O–H groups in total. The lowest BCUT2D eigenvalue weighted by Gasteiger charge is -2.56. The van der Waals surface area contributed by atoms with Gasteiger partial charge in [0, 0.05) is 18.6 Å². The number of ether oxygens (including phenoxy) is 1. The van der Waals surface area contributed by atoms with E-state index < -0.39 is 20.0 Å². The number of hydrogen-bond donors (Lipinski definition) is 1. The van der Waals surface area contributed by atoms with Crippen molar-refractivity contribution in [3.8, 4) is 0 Å². The second kappa shape index (κ2) is 7.02. The van der Waals surface area contributed by atoms with Gasteiger partial charge < -0.3 is 4.74 Å². The zero-order valence-corrected chi connectivity index (χ0v) is 18.1. The second-order valence-electron chi connectivity index (χ2n) is 9.29. The fourth-order valence-corrected chi connectivity index (χ4v) is 9.15. The van der Waals surface area contributed by atoms with Gasteiger partial charge >= 0.3 is 0 Å². The molecule has 9 heteroatoms. The molecule has 1 aromatic rings. The highest BCUT2D eigenvalue weighted by Gasteiger charge is 2.52. The van der Waals surface area contributed by atoms with E-state index in [4.69, 9.17) is 4.74 Å². The number of nitrogens with one attached hydrogen (secondary N) is 1. The maximum absolute atomic E-state index is 13.1. The van der Waals surface area contributed by atoms with Crippen molar-refractivity contribution < 1.29 is 21.6 Å². The Hall–Kier alpha value is -1.00. The number of nitrogens with zero attached hydrogens (tertiary/aromatic N) is 1. The van der Waals surface area contributed by atoms with Gasteiger partial charge in [-0.1, -0.05) is 0 Å². The maximum atomic E-state index is 13.1. The molecule has 4 bridgehead atoms. The minimum absolute atomic E-state index is 0.119. The fraction of sp³-hybridized carbons (Fsp3) is 0.700. The summed E-state index contributed by atoms with van der Waals surface area (Å²) in [7, 11) is -7.32. The molecule has 1 saturated heterocycles. The molecule has 1 aromatic carbocycles. The Morgan fingerprint density at radius 3 is 1.83 bits per heavy atom. The highest BCUT2D eigenvalue weighted by Crippen LogP contribution is 2.55. The molecule has 6 rings (SSSR count). The smallest absolute Gasteiger partial charge is 0.243 e. The lowest BCUT2D eigenvalue weighted by Crippen LogP contribution is -2.59. The van der Waals surface area contributed by atoms with Crippen LogP contribution in [-0.2, 0) is 24.8 Å². The molecule has 1 heterocycles. The van der Waals surface area contributed by atoms with Crippen molar-refractivity contribution in [3.05, 3.63) is 24.3 Å². The first kappa shape index (κ1) is 19.9. The van der Waals surface area contributed by atoms with Crippen LogP contribution < -0.4 is 4.72 Å². The number of sulfonamides is 2. The predicted molar refractivity (Wildman–Crippen MR) is 107 cm³/mol. The largest absolute Gasteiger partial charge is 0.379 e. The monoisotopic (exact) mass is 440 g/mol. The van der Waals surface area contributed by atoms with E-state index in [1.807, 2.05) is 0 Å². The van der Waals surface area contributed by atoms with Crippen molar-refractivity contribution in [3.63, 3.8) is 0 Å². The summed E-state index contributed by atoms with van der Waals surface area (Å²) in [5.41, 5.74) is -0.313. The molecular weight excluding hydrogens is 412 g/mol. The van der Waals surface area contributed by atoms with Crippen LogP contribution in [0.15, 0.2) is 34.1 Å². The van der Waals surface area contributed by atoms with E-state index in [0.717, 1.165) is 19.3 Å². The number of morpholine rings is 1. The molecule has 0 radical (unpaired) electrons. The highest BCUT2D eigenvalue weighted by molar-refractivity contribution is 7.89. The van der Waals surface area contributed by atoms with Gasteiger partial charge in [-0.15, -0.1) is 0 Å². The van der Waals surface area contributed by atoms with Gasteiger partial charge in [0.2, 0.25) is 20.0 Å². The quantitative estimate of drug-likeness (QED) is 0.756. The summed E-state index contributed by atoms with van der Waals surface area (Å²) >= 11 is 0. The van der Waals surface area contributed by atoms with Crippen LogP contribution in [0.25, 0.3) is 0 Å². The van der Waals surface area contributed by atoms with E-state index in [-0.39, 0.29) is 15.3 Å². The van der Waals surface area contributed by atoms with Crippen LogP contribution >= 0.6 is 0 Å². The third-order valence-electron chi connectivity index (χ3n) is 7.13. The first-order valence-corrected chi connectivity index (χ1v) is 13.4. The molecular formula is C20H28N2O5S2. The molecule has 4 aliphatic carbocycles. The van der Waals surface area contributed by atoms with Crippen LogP contribution in [0, 0.1) is 17.8 Å². The van der Waals surface area contributed by atoms with Gasteiger partial charge in [0.05, 0.1) is 23.0 Å². The maximum Gasteiger partial charge on any atom is 0.243 e. The third kappa shape index (κ3) is 3.65. The van der Waals surface area contributed by atoms with E-state index in [9.17, 15) is 16.8 Å². The Bertz CT molecular complexity index is 947. The average Bonchev–Trinajstić information content (AvgIpc) is 2.67. The molecule has 1 aliphatic heterocycles. The Morgan fingerprint density at radius 1 is 0.828 bits per heavy atom. The zero-order chi connectivity index (χ0) is 20.3. The standard InChI is InChI=1S/C20H28N2O5S2/c23-28(24,21-20-12-15-9-16(13-20)11-17(10-15)14-20)18-1-3-19(4-2-18)29(25,26)22-5-7-27-8-6-22/h1-4,15-17,21H,5-14H2. The predicted octanol–water partition coefficient (Wildman–Crippen LogP) is 1.95. The summed E-state index contributed by atoms with van der Waals surface area (Å²) in [4.78, 5) is 0.252. The van der Waals surface area contributed by atoms with Gasteiger partial charge in [0.1, 0.15) is 0 Å². The molecule has 5 aliphatic rings. The highest BCUT2D eigenvalue weighted by atomic mass is 32.2. The molecule has 5 fully saturated rings. The Labute approximate surface area is 172 Å². The average molecular weight is 441 g/mol. The van der Waals surface area contributed by atoms with E-state index in [1.165, 1.54) is 47.8 Å². The molecule has 0 aromatic heterocycles. The normalized spacial score (nSPS) is 35.1. The molecule has 0 unspecified atom stereocenters. The first-order valence-electron chi connectivity index (χ1n) is 10.5. The number of rotatable bonds is 5. The van der Waals surface area contributed by atoms with Crippen LogP contribution in [0.4, 0.5) is 0 Å². The third-order valence-corrected chi connectivity index (χ3v) is 10.6. The second-order valence-corrected chi connectivity index (χ2v) is 12.9. The fourth-order valence-electron chi connectivity index (χ4n) is 6.31. The van der Waals surface area contributed by atoms with Gasteiger partial charge in [0.25, 0.3) is 0 Å². The molecule has 29 heavy (non-hydrogen) atoms. The summed E-state index contributed by atoms with van der Waals surface area (Å²) in [5, 5.41) is 0. The van der Waals surface area contributed by atoms with Crippen LogP contribution in [0.2, 0.25) is 0 Å². The van der Waals surface area contributed by atoms with Crippen molar-refractivity contribution in [1.29, 1.82) is 0 Å². The molecule has 0 amide bonds. The van der Waals surface area contributed by atoms with Crippen molar-refractivity contribution in [2.75, 3.05) is 26.3 Å². The van der Waals surface area contributed by atoms with Crippen molar-refractivity contribution >= 4 is 20.0 Å². The summed E-state index contributed by atoms with van der Waals surface area (Å²) < 4.78 is 61.3. The van der Waals surface area contributed by atoms with Crippen molar-refractivity contribution in [1.82, 2.24) is 9.03 Å². The number of benzene rings is 1. The summed E-state index contributed by atoms with van der Waals surface area (Å²) in [5.74, 6) is 1.93. The van der Waals surface area contributed by atoms with E-state index in [1.54, 1.807) is 0 Å². The topological polar surface area (TPSA) is 92.8 Å². The molecule has 0 spiro atoms. The molecule has 7 nitrogen and oxygen atoms in total. The SMILES string of the molecule is O=S(=O)(NC12CC3CC(CC(C3)C1)C2)c1ccc(S(=O)(=O)N2CCOCC2)cc1. The van der Waals surface area contributed by atoms with Gasteiger partial charge in [0.15, 0.2) is 0 Å². The van der Waals surface area contributed by atoms with Crippen LogP contribution in [0.3, 0.4) is 0 Å². The lowest BCUT2D eigenvalue weighted by atomic mass is 9.53. The minimum Gasteiger partial charge on any atom is -0.379 e. The number of hydrogen-bond acceptors (Lipinski definition) is 5. The Balaban J connectivity index is 1.35. The van der Waals surface area contributed by atoms with E-state index in [0.29, 0.717) is 44.1 Å². The first-order chi connectivity index (χ1) is 13.8.